The first-order valence-electron chi connectivity index (χ1n) is 9.43. The molecule has 0 saturated heterocycles. The molecule has 0 N–H and O–H groups in total. The van der Waals surface area contributed by atoms with E-state index in [2.05, 4.69) is 23.6 Å². The van der Waals surface area contributed by atoms with Gasteiger partial charge in [-0.2, -0.15) is 0 Å². The summed E-state index contributed by atoms with van der Waals surface area (Å²) >= 11 is 1.74. The van der Waals surface area contributed by atoms with Gasteiger partial charge in [0.15, 0.2) is 6.10 Å². The predicted octanol–water partition coefficient (Wildman–Crippen LogP) is 4.00. The van der Waals surface area contributed by atoms with Gasteiger partial charge in [-0.05, 0) is 40.6 Å². The van der Waals surface area contributed by atoms with E-state index in [9.17, 15) is 9.59 Å². The molecule has 0 bridgehead atoms. The predicted molar refractivity (Wildman–Crippen MR) is 107 cm³/mol. The SMILES string of the molecule is O=C1O[C@H](C(=O)N2CCc3sccc3[C@H]2c2ccccc2)Cc2ccccc21. The molecule has 140 valence electrons. The number of carbonyl (C=O) groups is 2. The van der Waals surface area contributed by atoms with Gasteiger partial charge in [0.05, 0.1) is 11.6 Å². The highest BCUT2D eigenvalue weighted by Gasteiger charge is 2.39. The number of ether oxygens (including phenoxy) is 1. The number of hydrogen-bond acceptors (Lipinski definition) is 4. The minimum atomic E-state index is -0.770. The lowest BCUT2D eigenvalue weighted by Crippen LogP contribution is -2.48. The fourth-order valence-electron chi connectivity index (χ4n) is 4.20. The van der Waals surface area contributed by atoms with E-state index in [0.29, 0.717) is 18.5 Å². The Morgan fingerprint density at radius 1 is 1.04 bits per heavy atom. The summed E-state index contributed by atoms with van der Waals surface area (Å²) in [5, 5.41) is 2.09. The van der Waals surface area contributed by atoms with Crippen LogP contribution in [0.25, 0.3) is 0 Å². The van der Waals surface area contributed by atoms with Crippen molar-refractivity contribution in [2.75, 3.05) is 6.54 Å². The van der Waals surface area contributed by atoms with Crippen LogP contribution in [0.4, 0.5) is 0 Å². The van der Waals surface area contributed by atoms with Crippen LogP contribution in [0.5, 0.6) is 0 Å². The summed E-state index contributed by atoms with van der Waals surface area (Å²) in [6, 6.07) is 19.4. The smallest absolute Gasteiger partial charge is 0.339 e. The van der Waals surface area contributed by atoms with Gasteiger partial charge in [0, 0.05) is 17.8 Å². The topological polar surface area (TPSA) is 46.6 Å². The zero-order valence-electron chi connectivity index (χ0n) is 15.2. The summed E-state index contributed by atoms with van der Waals surface area (Å²) in [7, 11) is 0. The van der Waals surface area contributed by atoms with Gasteiger partial charge in [-0.15, -0.1) is 11.3 Å². The Labute approximate surface area is 167 Å². The summed E-state index contributed by atoms with van der Waals surface area (Å²) in [4.78, 5) is 29.1. The highest BCUT2D eigenvalue weighted by Crippen LogP contribution is 2.38. The van der Waals surface area contributed by atoms with E-state index in [1.54, 1.807) is 17.4 Å². The van der Waals surface area contributed by atoms with Crippen molar-refractivity contribution in [2.24, 2.45) is 0 Å². The molecule has 5 rings (SSSR count). The standard InChI is InChI=1S/C23H19NO3S/c25-22(19-14-16-8-4-5-9-17(16)23(26)27-19)24-12-10-20-18(11-13-28-20)21(24)15-6-2-1-3-7-15/h1-9,11,13,19,21H,10,12,14H2/t19-,21+/m0/s1. The maximum atomic E-state index is 13.5. The van der Waals surface area contributed by atoms with Gasteiger partial charge >= 0.3 is 5.97 Å². The first-order chi connectivity index (χ1) is 13.7. The summed E-state index contributed by atoms with van der Waals surface area (Å²) < 4.78 is 5.55. The first-order valence-corrected chi connectivity index (χ1v) is 10.3. The molecule has 1 amide bonds. The van der Waals surface area contributed by atoms with Crippen LogP contribution in [-0.2, 0) is 22.4 Å². The average molecular weight is 389 g/mol. The second kappa shape index (κ2) is 6.91. The summed E-state index contributed by atoms with van der Waals surface area (Å²) in [6.07, 6.45) is 0.489. The molecule has 0 saturated carbocycles. The molecule has 0 spiro atoms. The van der Waals surface area contributed by atoms with Crippen molar-refractivity contribution >= 4 is 23.2 Å². The van der Waals surface area contributed by atoms with E-state index < -0.39 is 12.1 Å². The lowest BCUT2D eigenvalue weighted by atomic mass is 9.91. The lowest BCUT2D eigenvalue weighted by Gasteiger charge is -2.38. The molecule has 0 fully saturated rings. The van der Waals surface area contributed by atoms with Crippen molar-refractivity contribution in [3.8, 4) is 0 Å². The van der Waals surface area contributed by atoms with Gasteiger partial charge < -0.3 is 9.64 Å². The van der Waals surface area contributed by atoms with E-state index in [-0.39, 0.29) is 11.9 Å². The van der Waals surface area contributed by atoms with Crippen molar-refractivity contribution in [2.45, 2.75) is 25.0 Å². The second-order valence-corrected chi connectivity index (χ2v) is 8.15. The molecule has 3 heterocycles. The minimum Gasteiger partial charge on any atom is -0.448 e. The maximum Gasteiger partial charge on any atom is 0.339 e. The van der Waals surface area contributed by atoms with Gasteiger partial charge in [-0.3, -0.25) is 4.79 Å². The Morgan fingerprint density at radius 2 is 1.82 bits per heavy atom. The Kier molecular flexibility index (Phi) is 4.24. The number of benzene rings is 2. The Bertz CT molecular complexity index is 1040. The Morgan fingerprint density at radius 3 is 2.68 bits per heavy atom. The van der Waals surface area contributed by atoms with E-state index in [0.717, 1.165) is 17.5 Å². The molecule has 2 aromatic carbocycles. The van der Waals surface area contributed by atoms with E-state index in [1.807, 2.05) is 41.3 Å². The van der Waals surface area contributed by atoms with E-state index in [4.69, 9.17) is 4.74 Å². The van der Waals surface area contributed by atoms with Crippen LogP contribution in [0.3, 0.4) is 0 Å². The van der Waals surface area contributed by atoms with Crippen LogP contribution in [0, 0.1) is 0 Å². The van der Waals surface area contributed by atoms with Gasteiger partial charge in [0.2, 0.25) is 0 Å². The van der Waals surface area contributed by atoms with Crippen molar-refractivity contribution in [1.82, 2.24) is 4.90 Å². The summed E-state index contributed by atoms with van der Waals surface area (Å²) in [5.74, 6) is -0.529. The third kappa shape index (κ3) is 2.83. The second-order valence-electron chi connectivity index (χ2n) is 7.15. The van der Waals surface area contributed by atoms with E-state index >= 15 is 0 Å². The number of carbonyl (C=O) groups excluding carboxylic acids is 2. The third-order valence-corrected chi connectivity index (χ3v) is 6.53. The minimum absolute atomic E-state index is 0.117. The van der Waals surface area contributed by atoms with Crippen LogP contribution in [0.2, 0.25) is 0 Å². The molecule has 2 atom stereocenters. The normalized spacial score (nSPS) is 20.9. The Balaban J connectivity index is 1.50. The number of nitrogens with zero attached hydrogens (tertiary/aromatic N) is 1. The molecule has 3 aromatic rings. The molecule has 2 aliphatic rings. The molecular formula is C23H19NO3S. The van der Waals surface area contributed by atoms with Crippen LogP contribution >= 0.6 is 11.3 Å². The number of thiophene rings is 1. The molecular weight excluding hydrogens is 370 g/mol. The average Bonchev–Trinajstić information content (AvgIpc) is 3.22. The van der Waals surface area contributed by atoms with Gasteiger partial charge in [-0.1, -0.05) is 48.5 Å². The first kappa shape index (κ1) is 17.2. The monoisotopic (exact) mass is 389 g/mol. The van der Waals surface area contributed by atoms with E-state index in [1.165, 1.54) is 10.4 Å². The number of cyclic esters (lactones) is 1. The van der Waals surface area contributed by atoms with Gasteiger partial charge in [0.25, 0.3) is 5.91 Å². The highest BCUT2D eigenvalue weighted by molar-refractivity contribution is 7.10. The highest BCUT2D eigenvalue weighted by atomic mass is 32.1. The number of fused-ring (bicyclic) bond motifs is 2. The van der Waals surface area contributed by atoms with Crippen molar-refractivity contribution < 1.29 is 14.3 Å². The van der Waals surface area contributed by atoms with Gasteiger partial charge in [-0.25, -0.2) is 4.79 Å². The number of rotatable bonds is 2. The van der Waals surface area contributed by atoms with Gasteiger partial charge in [0.1, 0.15) is 0 Å². The maximum absolute atomic E-state index is 13.5. The Hall–Kier alpha value is -2.92. The molecule has 5 heteroatoms. The fourth-order valence-corrected chi connectivity index (χ4v) is 5.11. The molecule has 0 unspecified atom stereocenters. The number of esters is 1. The van der Waals surface area contributed by atoms with Crippen LogP contribution in [0.15, 0.2) is 66.0 Å². The number of amides is 1. The van der Waals surface area contributed by atoms with Crippen LogP contribution in [-0.4, -0.2) is 29.4 Å². The van der Waals surface area contributed by atoms with Crippen molar-refractivity contribution in [3.05, 3.63) is 93.2 Å². The third-order valence-electron chi connectivity index (χ3n) is 5.53. The largest absolute Gasteiger partial charge is 0.448 e. The summed E-state index contributed by atoms with van der Waals surface area (Å²) in [6.45, 7) is 0.627. The molecule has 1 aromatic heterocycles. The zero-order chi connectivity index (χ0) is 19.1. The van der Waals surface area contributed by atoms with Crippen LogP contribution in [0.1, 0.15) is 38.0 Å². The molecule has 2 aliphatic heterocycles. The molecule has 28 heavy (non-hydrogen) atoms. The lowest BCUT2D eigenvalue weighted by molar-refractivity contribution is -0.143. The quantitative estimate of drug-likeness (QED) is 0.623. The summed E-state index contributed by atoms with van der Waals surface area (Å²) in [5.41, 5.74) is 3.70. The van der Waals surface area contributed by atoms with Crippen molar-refractivity contribution in [1.29, 1.82) is 0 Å². The molecule has 4 nitrogen and oxygen atoms in total. The molecule has 0 aliphatic carbocycles. The fraction of sp³-hybridized carbons (Fsp3) is 0.217. The molecule has 0 radical (unpaired) electrons. The van der Waals surface area contributed by atoms with Crippen molar-refractivity contribution in [3.63, 3.8) is 0 Å². The zero-order valence-corrected chi connectivity index (χ0v) is 16.0. The number of hydrogen-bond donors (Lipinski definition) is 0. The van der Waals surface area contributed by atoms with Crippen LogP contribution < -0.4 is 0 Å².